The number of amides is 1. The van der Waals surface area contributed by atoms with Crippen LogP contribution in [0.5, 0.6) is 5.88 Å². The molecule has 1 amide bonds. The van der Waals surface area contributed by atoms with E-state index in [2.05, 4.69) is 20.0 Å². The maximum Gasteiger partial charge on any atom is 0.275 e. The first kappa shape index (κ1) is 22.4. The average Bonchev–Trinajstić information content (AvgIpc) is 3.32. The van der Waals surface area contributed by atoms with Crippen molar-refractivity contribution in [3.05, 3.63) is 83.5 Å². The Balaban J connectivity index is 1.59. The predicted molar refractivity (Wildman–Crippen MR) is 128 cm³/mol. The molecule has 2 aromatic carbocycles. The van der Waals surface area contributed by atoms with Crippen molar-refractivity contribution >= 4 is 38.6 Å². The zero-order chi connectivity index (χ0) is 23.4. The first-order valence-electron chi connectivity index (χ1n) is 9.82. The van der Waals surface area contributed by atoms with Crippen LogP contribution in [0.3, 0.4) is 0 Å². The number of nitrogens with one attached hydrogen (secondary N) is 2. The molecule has 0 unspecified atom stereocenters. The number of pyridine rings is 1. The molecule has 0 aliphatic carbocycles. The molecule has 168 valence electrons. The Kier molecular flexibility index (Phi) is 6.38. The van der Waals surface area contributed by atoms with Gasteiger partial charge in [0.1, 0.15) is 10.7 Å². The standard InChI is InChI=1S/C23H20N4O4S2/c1-15-8-6-7-11-18(15)27-33(29,30)20-12-17(13-24-22(20)31-2)25-21(28)19-14-32-23(26-19)16-9-4-3-5-10-16/h3-14,27H,1-2H3,(H,25,28). The molecular formula is C23H20N4O4S2. The summed E-state index contributed by atoms with van der Waals surface area (Å²) in [6.07, 6.45) is 1.33. The number of thiazole rings is 1. The number of hydrogen-bond donors (Lipinski definition) is 2. The highest BCUT2D eigenvalue weighted by atomic mass is 32.2. The summed E-state index contributed by atoms with van der Waals surface area (Å²) < 4.78 is 33.8. The maximum absolute atomic E-state index is 13.0. The second-order valence-corrected chi connectivity index (χ2v) is 9.52. The van der Waals surface area contributed by atoms with E-state index in [0.29, 0.717) is 10.7 Å². The minimum Gasteiger partial charge on any atom is -0.480 e. The number of ether oxygens (including phenoxy) is 1. The molecular weight excluding hydrogens is 460 g/mol. The van der Waals surface area contributed by atoms with E-state index in [1.165, 1.54) is 30.7 Å². The van der Waals surface area contributed by atoms with Crippen LogP contribution in [-0.2, 0) is 10.0 Å². The van der Waals surface area contributed by atoms with Gasteiger partial charge in [0, 0.05) is 10.9 Å². The number of para-hydroxylation sites is 1. The number of benzene rings is 2. The average molecular weight is 481 g/mol. The van der Waals surface area contributed by atoms with E-state index < -0.39 is 15.9 Å². The fraction of sp³-hybridized carbons (Fsp3) is 0.0870. The Hall–Kier alpha value is -3.76. The first-order valence-corrected chi connectivity index (χ1v) is 12.2. The molecule has 2 N–H and O–H groups in total. The number of carbonyl (C=O) groups excluding carboxylic acids is 1. The van der Waals surface area contributed by atoms with Crippen LogP contribution >= 0.6 is 11.3 Å². The van der Waals surface area contributed by atoms with E-state index in [0.717, 1.165) is 11.1 Å². The van der Waals surface area contributed by atoms with E-state index in [-0.39, 0.29) is 22.2 Å². The SMILES string of the molecule is COc1ncc(NC(=O)c2csc(-c3ccccc3)n2)cc1S(=O)(=O)Nc1ccccc1C. The van der Waals surface area contributed by atoms with E-state index in [9.17, 15) is 13.2 Å². The Bertz CT molecular complexity index is 1400. The number of nitrogens with zero attached hydrogens (tertiary/aromatic N) is 2. The lowest BCUT2D eigenvalue weighted by atomic mass is 10.2. The summed E-state index contributed by atoms with van der Waals surface area (Å²) in [5.41, 5.74) is 2.51. The third kappa shape index (κ3) is 5.02. The normalized spacial score (nSPS) is 11.1. The number of methoxy groups -OCH3 is 1. The lowest BCUT2D eigenvalue weighted by Crippen LogP contribution is -2.17. The van der Waals surface area contributed by atoms with Crippen molar-refractivity contribution in [3.63, 3.8) is 0 Å². The summed E-state index contributed by atoms with van der Waals surface area (Å²) >= 11 is 1.34. The minimum atomic E-state index is -4.04. The number of aromatic nitrogens is 2. The van der Waals surface area contributed by atoms with Crippen LogP contribution in [0.2, 0.25) is 0 Å². The molecule has 0 aliphatic rings. The number of anilines is 2. The van der Waals surface area contributed by atoms with Gasteiger partial charge in [-0.3, -0.25) is 9.52 Å². The van der Waals surface area contributed by atoms with Gasteiger partial charge in [-0.05, 0) is 24.6 Å². The summed E-state index contributed by atoms with van der Waals surface area (Å²) in [6, 6.07) is 17.8. The van der Waals surface area contributed by atoms with E-state index in [4.69, 9.17) is 4.74 Å². The van der Waals surface area contributed by atoms with Crippen LogP contribution in [0.1, 0.15) is 16.1 Å². The fourth-order valence-electron chi connectivity index (χ4n) is 3.02. The molecule has 0 bridgehead atoms. The van der Waals surface area contributed by atoms with Crippen LogP contribution < -0.4 is 14.8 Å². The molecule has 0 saturated carbocycles. The Morgan fingerprint density at radius 2 is 1.79 bits per heavy atom. The van der Waals surface area contributed by atoms with E-state index >= 15 is 0 Å². The van der Waals surface area contributed by atoms with Crippen molar-refractivity contribution in [1.29, 1.82) is 0 Å². The van der Waals surface area contributed by atoms with E-state index in [1.807, 2.05) is 36.4 Å². The first-order chi connectivity index (χ1) is 15.9. The highest BCUT2D eigenvalue weighted by Gasteiger charge is 2.23. The lowest BCUT2D eigenvalue weighted by molar-refractivity contribution is 0.102. The third-order valence-corrected chi connectivity index (χ3v) is 6.96. The van der Waals surface area contributed by atoms with Crippen molar-refractivity contribution in [2.75, 3.05) is 17.1 Å². The van der Waals surface area contributed by atoms with Crippen molar-refractivity contribution in [2.24, 2.45) is 0 Å². The number of carbonyl (C=O) groups is 1. The number of sulfonamides is 1. The highest BCUT2D eigenvalue weighted by Crippen LogP contribution is 2.28. The van der Waals surface area contributed by atoms with Crippen molar-refractivity contribution < 1.29 is 17.9 Å². The van der Waals surface area contributed by atoms with Gasteiger partial charge in [-0.15, -0.1) is 11.3 Å². The topological polar surface area (TPSA) is 110 Å². The van der Waals surface area contributed by atoms with Gasteiger partial charge >= 0.3 is 0 Å². The fourth-order valence-corrected chi connectivity index (χ4v) is 5.10. The smallest absolute Gasteiger partial charge is 0.275 e. The Morgan fingerprint density at radius 1 is 1.06 bits per heavy atom. The summed E-state index contributed by atoms with van der Waals surface area (Å²) in [5.74, 6) is -0.565. The molecule has 4 rings (SSSR count). The van der Waals surface area contributed by atoms with Crippen LogP contribution in [0.15, 0.2) is 77.1 Å². The van der Waals surface area contributed by atoms with Gasteiger partial charge in [0.05, 0.1) is 24.7 Å². The number of rotatable bonds is 7. The van der Waals surface area contributed by atoms with Gasteiger partial charge in [0.15, 0.2) is 4.90 Å². The van der Waals surface area contributed by atoms with Crippen LogP contribution in [0, 0.1) is 6.92 Å². The van der Waals surface area contributed by atoms with E-state index in [1.54, 1.807) is 30.5 Å². The van der Waals surface area contributed by atoms with Gasteiger partial charge < -0.3 is 10.1 Å². The summed E-state index contributed by atoms with van der Waals surface area (Å²) in [6.45, 7) is 1.79. The molecule has 2 aromatic heterocycles. The molecule has 0 fully saturated rings. The molecule has 0 spiro atoms. The van der Waals surface area contributed by atoms with Crippen molar-refractivity contribution in [3.8, 4) is 16.5 Å². The van der Waals surface area contributed by atoms with Gasteiger partial charge in [0.2, 0.25) is 5.88 Å². The monoisotopic (exact) mass is 480 g/mol. The molecule has 2 heterocycles. The zero-order valence-corrected chi connectivity index (χ0v) is 19.4. The molecule has 0 radical (unpaired) electrons. The second-order valence-electron chi connectivity index (χ2n) is 7.01. The quantitative estimate of drug-likeness (QED) is 0.401. The molecule has 8 nitrogen and oxygen atoms in total. The highest BCUT2D eigenvalue weighted by molar-refractivity contribution is 7.92. The van der Waals surface area contributed by atoms with Crippen LogP contribution in [0.25, 0.3) is 10.6 Å². The number of aryl methyl sites for hydroxylation is 1. The summed E-state index contributed by atoms with van der Waals surface area (Å²) in [5, 5.41) is 5.01. The number of hydrogen-bond acceptors (Lipinski definition) is 7. The molecule has 4 aromatic rings. The molecule has 0 atom stereocenters. The van der Waals surface area contributed by atoms with Gasteiger partial charge in [-0.1, -0.05) is 48.5 Å². The van der Waals surface area contributed by atoms with Crippen LogP contribution in [0.4, 0.5) is 11.4 Å². The maximum atomic E-state index is 13.0. The third-order valence-electron chi connectivity index (χ3n) is 4.71. The Labute approximate surface area is 195 Å². The predicted octanol–water partition coefficient (Wildman–Crippen LogP) is 4.58. The van der Waals surface area contributed by atoms with Crippen LogP contribution in [-0.4, -0.2) is 31.4 Å². The largest absolute Gasteiger partial charge is 0.480 e. The molecule has 0 aliphatic heterocycles. The van der Waals surface area contributed by atoms with Gasteiger partial charge in [-0.2, -0.15) is 0 Å². The van der Waals surface area contributed by atoms with Crippen molar-refractivity contribution in [1.82, 2.24) is 9.97 Å². The molecule has 0 saturated heterocycles. The van der Waals surface area contributed by atoms with Gasteiger partial charge in [0.25, 0.3) is 15.9 Å². The van der Waals surface area contributed by atoms with Crippen molar-refractivity contribution in [2.45, 2.75) is 11.8 Å². The Morgan fingerprint density at radius 3 is 2.52 bits per heavy atom. The summed E-state index contributed by atoms with van der Waals surface area (Å²) in [7, 11) is -2.71. The summed E-state index contributed by atoms with van der Waals surface area (Å²) in [4.78, 5) is 20.9. The second kappa shape index (κ2) is 9.39. The van der Waals surface area contributed by atoms with Gasteiger partial charge in [-0.25, -0.2) is 18.4 Å². The zero-order valence-electron chi connectivity index (χ0n) is 17.8. The minimum absolute atomic E-state index is 0.0888. The lowest BCUT2D eigenvalue weighted by Gasteiger charge is -2.13. The molecule has 10 heteroatoms. The molecule has 33 heavy (non-hydrogen) atoms.